The minimum Gasteiger partial charge on any atom is -0.456 e. The Hall–Kier alpha value is -5.92. The van der Waals surface area contributed by atoms with Gasteiger partial charge in [-0.1, -0.05) is 146 Å². The van der Waals surface area contributed by atoms with Crippen LogP contribution in [-0.2, 0) is 11.8 Å². The predicted molar refractivity (Wildman–Crippen MR) is 223 cm³/mol. The molecule has 4 nitrogen and oxygen atoms in total. The van der Waals surface area contributed by atoms with Crippen LogP contribution in [0.4, 0.5) is 0 Å². The van der Waals surface area contributed by atoms with Crippen molar-refractivity contribution in [1.29, 1.82) is 0 Å². The van der Waals surface area contributed by atoms with E-state index in [0.717, 1.165) is 38.6 Å². The summed E-state index contributed by atoms with van der Waals surface area (Å²) >= 11 is 2.52. The van der Waals surface area contributed by atoms with E-state index in [0.29, 0.717) is 23.9 Å². The zero-order valence-corrected chi connectivity index (χ0v) is 31.1. The average molecular weight is 794 g/mol. The maximum Gasteiger partial charge on any atom is 0.164 e. The molecule has 9 aromatic rings. The van der Waals surface area contributed by atoms with Crippen LogP contribution in [0.25, 0.3) is 67.0 Å². The number of fused-ring (bicyclic) bond motifs is 6. The summed E-state index contributed by atoms with van der Waals surface area (Å²) in [5.74, 6) is 1.99. The number of hydrogen-bond acceptors (Lipinski definition) is 4. The smallest absolute Gasteiger partial charge is 0.164 e. The van der Waals surface area contributed by atoms with Gasteiger partial charge in [-0.3, -0.25) is 0 Å². The van der Waals surface area contributed by atoms with E-state index in [1.54, 1.807) is 0 Å². The number of benzene rings is 7. The molecular weight excluding hydrogens is 761 g/mol. The van der Waals surface area contributed by atoms with Crippen LogP contribution in [0.1, 0.15) is 35.0 Å². The number of rotatable bonds is 6. The van der Waals surface area contributed by atoms with E-state index in [1.165, 1.54) is 42.5 Å². The molecule has 2 aromatic heterocycles. The SMILES string of the molecule is CC1(c2ccccc2)c2ccccc2-c2c1ccc(I)c2-c1ccccc1Cc1nc(-c2ccccc2)nc(-c2cccc3oc4ccccc4c23)n1. The van der Waals surface area contributed by atoms with Crippen LogP contribution in [-0.4, -0.2) is 15.0 Å². The Balaban J connectivity index is 1.16. The summed E-state index contributed by atoms with van der Waals surface area (Å²) in [5.41, 5.74) is 13.4. The molecule has 1 aliphatic rings. The number of halogens is 1. The van der Waals surface area contributed by atoms with E-state index in [2.05, 4.69) is 145 Å². The van der Waals surface area contributed by atoms with Crippen LogP contribution in [0.2, 0.25) is 0 Å². The monoisotopic (exact) mass is 793 g/mol. The number of furan rings is 1. The third-order valence-corrected chi connectivity index (χ3v) is 11.7. The van der Waals surface area contributed by atoms with Crippen molar-refractivity contribution in [1.82, 2.24) is 15.0 Å². The molecule has 0 bridgehead atoms. The van der Waals surface area contributed by atoms with Gasteiger partial charge in [-0.15, -0.1) is 0 Å². The maximum absolute atomic E-state index is 6.26. The molecule has 2 heterocycles. The highest BCUT2D eigenvalue weighted by Gasteiger charge is 2.42. The number of para-hydroxylation sites is 1. The number of aromatic nitrogens is 3. The van der Waals surface area contributed by atoms with Gasteiger partial charge in [-0.2, -0.15) is 0 Å². The maximum atomic E-state index is 6.26. The summed E-state index contributed by atoms with van der Waals surface area (Å²) in [4.78, 5) is 15.5. The molecule has 0 N–H and O–H groups in total. The topological polar surface area (TPSA) is 51.8 Å². The van der Waals surface area contributed by atoms with E-state index < -0.39 is 0 Å². The molecule has 7 aromatic carbocycles. The minimum absolute atomic E-state index is 0.285. The lowest BCUT2D eigenvalue weighted by Gasteiger charge is -2.28. The quantitative estimate of drug-likeness (QED) is 0.157. The Morgan fingerprint density at radius 1 is 0.528 bits per heavy atom. The summed E-state index contributed by atoms with van der Waals surface area (Å²) < 4.78 is 7.47. The van der Waals surface area contributed by atoms with Crippen molar-refractivity contribution in [2.45, 2.75) is 18.8 Å². The van der Waals surface area contributed by atoms with Crippen molar-refractivity contribution < 1.29 is 4.42 Å². The first-order valence-corrected chi connectivity index (χ1v) is 18.9. The number of hydrogen-bond donors (Lipinski definition) is 0. The van der Waals surface area contributed by atoms with Crippen molar-refractivity contribution in [3.05, 3.63) is 195 Å². The van der Waals surface area contributed by atoms with Gasteiger partial charge in [0.1, 0.15) is 17.0 Å². The minimum atomic E-state index is -0.285. The molecule has 0 saturated carbocycles. The van der Waals surface area contributed by atoms with Crippen LogP contribution in [0, 0.1) is 3.57 Å². The van der Waals surface area contributed by atoms with Crippen molar-refractivity contribution in [3.8, 4) is 45.0 Å². The molecule has 10 rings (SSSR count). The summed E-state index contributed by atoms with van der Waals surface area (Å²) in [6, 6.07) is 57.6. The largest absolute Gasteiger partial charge is 0.456 e. The number of nitrogens with zero attached hydrogens (tertiary/aromatic N) is 3. The van der Waals surface area contributed by atoms with Crippen molar-refractivity contribution in [2.24, 2.45) is 0 Å². The van der Waals surface area contributed by atoms with Gasteiger partial charge in [0.15, 0.2) is 11.6 Å². The Morgan fingerprint density at radius 2 is 1.19 bits per heavy atom. The third-order valence-electron chi connectivity index (χ3n) is 10.8. The van der Waals surface area contributed by atoms with Gasteiger partial charge in [0.2, 0.25) is 0 Å². The summed E-state index contributed by atoms with van der Waals surface area (Å²) in [6.45, 7) is 2.37. The van der Waals surface area contributed by atoms with E-state index in [1.807, 2.05) is 48.5 Å². The molecule has 53 heavy (non-hydrogen) atoms. The molecule has 5 heteroatoms. The van der Waals surface area contributed by atoms with Gasteiger partial charge in [0.25, 0.3) is 0 Å². The molecule has 0 radical (unpaired) electrons. The Labute approximate surface area is 321 Å². The standard InChI is InChI=1S/C48H32IN3O/c1-48(32-18-6-3-7-19-32)37-24-12-10-21-34(37)44-38(48)27-28-39(49)45(44)33-20-9-8-17-31(33)29-42-50-46(30-15-4-2-5-16-30)52-47(51-42)36-23-14-26-41-43(36)35-22-11-13-25-40(35)53-41/h2-28H,29H2,1H3. The molecule has 0 amide bonds. The van der Waals surface area contributed by atoms with Gasteiger partial charge in [0, 0.05) is 42.9 Å². The van der Waals surface area contributed by atoms with Crippen LogP contribution < -0.4 is 0 Å². The van der Waals surface area contributed by atoms with Crippen LogP contribution in [0.3, 0.4) is 0 Å². The lowest BCUT2D eigenvalue weighted by Crippen LogP contribution is -2.22. The molecule has 0 fully saturated rings. The molecule has 0 aliphatic heterocycles. The highest BCUT2D eigenvalue weighted by atomic mass is 127. The molecule has 0 saturated heterocycles. The Morgan fingerprint density at radius 3 is 2.04 bits per heavy atom. The summed E-state index contributed by atoms with van der Waals surface area (Å²) in [7, 11) is 0. The fraction of sp³-hybridized carbons (Fsp3) is 0.0625. The fourth-order valence-corrected chi connectivity index (χ4v) is 9.03. The van der Waals surface area contributed by atoms with Gasteiger partial charge < -0.3 is 4.42 Å². The van der Waals surface area contributed by atoms with Gasteiger partial charge >= 0.3 is 0 Å². The second-order valence-corrected chi connectivity index (χ2v) is 14.9. The summed E-state index contributed by atoms with van der Waals surface area (Å²) in [5, 5.41) is 2.05. The second-order valence-electron chi connectivity index (χ2n) is 13.8. The highest BCUT2D eigenvalue weighted by molar-refractivity contribution is 14.1. The van der Waals surface area contributed by atoms with E-state index >= 15 is 0 Å². The van der Waals surface area contributed by atoms with Crippen molar-refractivity contribution >= 4 is 44.5 Å². The van der Waals surface area contributed by atoms with Gasteiger partial charge in [-0.05, 0) is 86.7 Å². The first-order valence-electron chi connectivity index (χ1n) is 17.9. The molecule has 1 unspecified atom stereocenters. The Kier molecular flexibility index (Phi) is 7.58. The lowest BCUT2D eigenvalue weighted by molar-refractivity contribution is 0.669. The lowest BCUT2D eigenvalue weighted by atomic mass is 9.74. The van der Waals surface area contributed by atoms with E-state index in [-0.39, 0.29) is 5.41 Å². The normalized spacial score (nSPS) is 14.8. The second kappa shape index (κ2) is 12.6. The van der Waals surface area contributed by atoms with Crippen molar-refractivity contribution in [3.63, 3.8) is 0 Å². The summed E-state index contributed by atoms with van der Waals surface area (Å²) in [6.07, 6.45) is 0.533. The van der Waals surface area contributed by atoms with Gasteiger partial charge in [0.05, 0.1) is 0 Å². The molecule has 252 valence electrons. The fourth-order valence-electron chi connectivity index (χ4n) is 8.29. The zero-order valence-electron chi connectivity index (χ0n) is 28.9. The van der Waals surface area contributed by atoms with Crippen LogP contribution in [0.5, 0.6) is 0 Å². The van der Waals surface area contributed by atoms with Crippen LogP contribution >= 0.6 is 22.6 Å². The predicted octanol–water partition coefficient (Wildman–Crippen LogP) is 12.3. The molecule has 1 atom stereocenters. The zero-order chi connectivity index (χ0) is 35.5. The third kappa shape index (κ3) is 5.13. The molecule has 0 spiro atoms. The Bertz CT molecular complexity index is 2850. The average Bonchev–Trinajstić information content (AvgIpc) is 3.72. The van der Waals surface area contributed by atoms with E-state index in [4.69, 9.17) is 19.4 Å². The van der Waals surface area contributed by atoms with E-state index in [9.17, 15) is 0 Å². The molecule has 1 aliphatic carbocycles. The van der Waals surface area contributed by atoms with Crippen LogP contribution in [0.15, 0.2) is 168 Å². The van der Waals surface area contributed by atoms with Gasteiger partial charge in [-0.25, -0.2) is 15.0 Å². The van der Waals surface area contributed by atoms with Crippen molar-refractivity contribution in [2.75, 3.05) is 0 Å². The molecular formula is C48H32IN3O. The highest BCUT2D eigenvalue weighted by Crippen LogP contribution is 2.56. The first kappa shape index (κ1) is 31.8. The first-order chi connectivity index (χ1) is 26.1.